The zero-order valence-corrected chi connectivity index (χ0v) is 14.6. The number of anilines is 2. The minimum absolute atomic E-state index is 0.195. The van der Waals surface area contributed by atoms with Gasteiger partial charge in [0, 0.05) is 25.2 Å². The fourth-order valence-electron chi connectivity index (χ4n) is 2.59. The molecule has 0 unspecified atom stereocenters. The number of carbonyl (C=O) groups excluding carboxylic acids is 1. The SMILES string of the molecule is Cc1nc2ccccc2cc1C(=O)Nc1ccc(N(C)C)c(Cl)c1. The van der Waals surface area contributed by atoms with E-state index >= 15 is 0 Å². The van der Waals surface area contributed by atoms with Crippen molar-refractivity contribution in [2.24, 2.45) is 0 Å². The first-order chi connectivity index (χ1) is 11.5. The Bertz CT molecular complexity index is 922. The number of nitrogens with zero attached hydrogens (tertiary/aromatic N) is 2. The van der Waals surface area contributed by atoms with Crippen molar-refractivity contribution < 1.29 is 4.79 Å². The van der Waals surface area contributed by atoms with E-state index < -0.39 is 0 Å². The Balaban J connectivity index is 1.90. The molecule has 0 saturated heterocycles. The van der Waals surface area contributed by atoms with Crippen LogP contribution in [0.3, 0.4) is 0 Å². The van der Waals surface area contributed by atoms with Gasteiger partial charge in [0.1, 0.15) is 0 Å². The van der Waals surface area contributed by atoms with Crippen LogP contribution in [0.25, 0.3) is 10.9 Å². The van der Waals surface area contributed by atoms with Crippen LogP contribution in [-0.2, 0) is 0 Å². The molecule has 24 heavy (non-hydrogen) atoms. The molecule has 1 aromatic heterocycles. The fourth-order valence-corrected chi connectivity index (χ4v) is 2.94. The second-order valence-electron chi connectivity index (χ2n) is 5.83. The predicted octanol–water partition coefficient (Wildman–Crippen LogP) is 4.51. The summed E-state index contributed by atoms with van der Waals surface area (Å²) in [5, 5.41) is 4.42. The minimum atomic E-state index is -0.195. The molecule has 2 aromatic carbocycles. The van der Waals surface area contributed by atoms with Crippen LogP contribution in [-0.4, -0.2) is 25.0 Å². The minimum Gasteiger partial charge on any atom is -0.376 e. The molecular weight excluding hydrogens is 322 g/mol. The Morgan fingerprint density at radius 3 is 2.58 bits per heavy atom. The summed E-state index contributed by atoms with van der Waals surface area (Å²) in [5.74, 6) is -0.195. The summed E-state index contributed by atoms with van der Waals surface area (Å²) in [4.78, 5) is 19.0. The summed E-state index contributed by atoms with van der Waals surface area (Å²) in [5.41, 5.74) is 3.69. The van der Waals surface area contributed by atoms with Crippen molar-refractivity contribution in [3.05, 3.63) is 64.8 Å². The first-order valence-corrected chi connectivity index (χ1v) is 7.98. The third-order valence-electron chi connectivity index (χ3n) is 3.85. The lowest BCUT2D eigenvalue weighted by molar-refractivity contribution is 0.102. The van der Waals surface area contributed by atoms with E-state index in [4.69, 9.17) is 11.6 Å². The molecule has 3 aromatic rings. The van der Waals surface area contributed by atoms with Gasteiger partial charge >= 0.3 is 0 Å². The van der Waals surface area contributed by atoms with Gasteiger partial charge in [0.25, 0.3) is 5.91 Å². The molecule has 0 fully saturated rings. The largest absolute Gasteiger partial charge is 0.376 e. The van der Waals surface area contributed by atoms with E-state index in [1.807, 2.05) is 68.4 Å². The second kappa shape index (κ2) is 6.49. The Hall–Kier alpha value is -2.59. The molecule has 3 rings (SSSR count). The number of benzene rings is 2. The number of hydrogen-bond donors (Lipinski definition) is 1. The summed E-state index contributed by atoms with van der Waals surface area (Å²) < 4.78 is 0. The molecule has 0 radical (unpaired) electrons. The van der Waals surface area contributed by atoms with Crippen LogP contribution in [0.4, 0.5) is 11.4 Å². The van der Waals surface area contributed by atoms with E-state index in [1.54, 1.807) is 6.07 Å². The third-order valence-corrected chi connectivity index (χ3v) is 4.15. The van der Waals surface area contributed by atoms with Crippen LogP contribution in [0.15, 0.2) is 48.5 Å². The van der Waals surface area contributed by atoms with Gasteiger partial charge in [-0.1, -0.05) is 29.8 Å². The van der Waals surface area contributed by atoms with Crippen molar-refractivity contribution in [2.45, 2.75) is 6.92 Å². The van der Waals surface area contributed by atoms with Crippen LogP contribution in [0.1, 0.15) is 16.1 Å². The van der Waals surface area contributed by atoms with Crippen LogP contribution in [0.2, 0.25) is 5.02 Å². The van der Waals surface area contributed by atoms with Crippen LogP contribution in [0, 0.1) is 6.92 Å². The van der Waals surface area contributed by atoms with Crippen molar-refractivity contribution in [1.82, 2.24) is 4.98 Å². The number of carbonyl (C=O) groups is 1. The van der Waals surface area contributed by atoms with Gasteiger partial charge in [0.15, 0.2) is 0 Å². The highest BCUT2D eigenvalue weighted by Crippen LogP contribution is 2.28. The number of hydrogen-bond acceptors (Lipinski definition) is 3. The summed E-state index contributed by atoms with van der Waals surface area (Å²) in [6.07, 6.45) is 0. The highest BCUT2D eigenvalue weighted by atomic mass is 35.5. The summed E-state index contributed by atoms with van der Waals surface area (Å²) in [7, 11) is 3.84. The lowest BCUT2D eigenvalue weighted by Gasteiger charge is -2.15. The predicted molar refractivity (Wildman–Crippen MR) is 100 cm³/mol. The number of pyridine rings is 1. The maximum Gasteiger partial charge on any atom is 0.257 e. The van der Waals surface area contributed by atoms with Crippen molar-refractivity contribution in [3.8, 4) is 0 Å². The van der Waals surface area contributed by atoms with Crippen LogP contribution in [0.5, 0.6) is 0 Å². The Labute approximate surface area is 146 Å². The number of nitrogens with one attached hydrogen (secondary N) is 1. The number of fused-ring (bicyclic) bond motifs is 1. The molecule has 1 N–H and O–H groups in total. The molecule has 0 aliphatic heterocycles. The van der Waals surface area contributed by atoms with Gasteiger partial charge < -0.3 is 10.2 Å². The number of para-hydroxylation sites is 1. The van der Waals surface area contributed by atoms with E-state index in [2.05, 4.69) is 10.3 Å². The number of aryl methyl sites for hydroxylation is 1. The maximum atomic E-state index is 12.6. The third kappa shape index (κ3) is 3.19. The monoisotopic (exact) mass is 339 g/mol. The molecule has 0 aliphatic rings. The van der Waals surface area contributed by atoms with Gasteiger partial charge in [-0.2, -0.15) is 0 Å². The first-order valence-electron chi connectivity index (χ1n) is 7.60. The molecule has 0 aliphatic carbocycles. The molecule has 4 nitrogen and oxygen atoms in total. The van der Waals surface area contributed by atoms with Crippen molar-refractivity contribution >= 4 is 39.8 Å². The quantitative estimate of drug-likeness (QED) is 0.763. The molecule has 0 spiro atoms. The average Bonchev–Trinajstić information content (AvgIpc) is 2.53. The van der Waals surface area contributed by atoms with Gasteiger partial charge in [0.2, 0.25) is 0 Å². The Morgan fingerprint density at radius 1 is 1.12 bits per heavy atom. The molecule has 1 amide bonds. The number of rotatable bonds is 3. The van der Waals surface area contributed by atoms with E-state index in [-0.39, 0.29) is 5.91 Å². The van der Waals surface area contributed by atoms with E-state index in [9.17, 15) is 4.79 Å². The molecule has 0 saturated carbocycles. The van der Waals surface area contributed by atoms with Crippen molar-refractivity contribution in [1.29, 1.82) is 0 Å². The number of aromatic nitrogens is 1. The zero-order chi connectivity index (χ0) is 17.3. The lowest BCUT2D eigenvalue weighted by atomic mass is 10.1. The maximum absolute atomic E-state index is 12.6. The topological polar surface area (TPSA) is 45.2 Å². The molecule has 122 valence electrons. The molecule has 0 bridgehead atoms. The molecule has 1 heterocycles. The average molecular weight is 340 g/mol. The van der Waals surface area contributed by atoms with E-state index in [0.29, 0.717) is 22.0 Å². The highest BCUT2D eigenvalue weighted by molar-refractivity contribution is 6.33. The summed E-state index contributed by atoms with van der Waals surface area (Å²) >= 11 is 6.26. The lowest BCUT2D eigenvalue weighted by Crippen LogP contribution is -2.15. The van der Waals surface area contributed by atoms with Gasteiger partial charge in [0.05, 0.1) is 27.5 Å². The number of amides is 1. The smallest absolute Gasteiger partial charge is 0.257 e. The highest BCUT2D eigenvalue weighted by Gasteiger charge is 2.13. The standard InChI is InChI=1S/C19H18ClN3O/c1-12-15(10-13-6-4-5-7-17(13)21-12)19(24)22-14-8-9-18(23(2)3)16(20)11-14/h4-11H,1-3H3,(H,22,24). The van der Waals surface area contributed by atoms with Crippen LogP contribution < -0.4 is 10.2 Å². The summed E-state index contributed by atoms with van der Waals surface area (Å²) in [6, 6.07) is 15.1. The molecule has 0 atom stereocenters. The number of halogens is 1. The van der Waals surface area contributed by atoms with Crippen LogP contribution >= 0.6 is 11.6 Å². The summed E-state index contributed by atoms with van der Waals surface area (Å²) in [6.45, 7) is 1.84. The van der Waals surface area contributed by atoms with Crippen molar-refractivity contribution in [2.75, 3.05) is 24.3 Å². The van der Waals surface area contributed by atoms with Gasteiger partial charge in [-0.3, -0.25) is 9.78 Å². The molecule has 5 heteroatoms. The van der Waals surface area contributed by atoms with Crippen molar-refractivity contribution in [3.63, 3.8) is 0 Å². The second-order valence-corrected chi connectivity index (χ2v) is 6.24. The van der Waals surface area contributed by atoms with E-state index in [0.717, 1.165) is 16.6 Å². The van der Waals surface area contributed by atoms with E-state index in [1.165, 1.54) is 0 Å². The van der Waals surface area contributed by atoms with Gasteiger partial charge in [-0.15, -0.1) is 0 Å². The normalized spacial score (nSPS) is 10.7. The Kier molecular flexibility index (Phi) is 4.40. The van der Waals surface area contributed by atoms with Gasteiger partial charge in [-0.25, -0.2) is 0 Å². The fraction of sp³-hybridized carbons (Fsp3) is 0.158. The molecular formula is C19H18ClN3O. The first kappa shape index (κ1) is 16.3. The van der Waals surface area contributed by atoms with Gasteiger partial charge in [-0.05, 0) is 37.3 Å². The zero-order valence-electron chi connectivity index (χ0n) is 13.8. The Morgan fingerprint density at radius 2 is 1.88 bits per heavy atom.